The van der Waals surface area contributed by atoms with Crippen molar-refractivity contribution < 1.29 is 14.0 Å². The molecule has 1 aliphatic rings. The van der Waals surface area contributed by atoms with Gasteiger partial charge < -0.3 is 15.1 Å². The Labute approximate surface area is 177 Å². The highest BCUT2D eigenvalue weighted by Gasteiger charge is 2.27. The van der Waals surface area contributed by atoms with Gasteiger partial charge in [0.25, 0.3) is 5.91 Å². The summed E-state index contributed by atoms with van der Waals surface area (Å²) in [5, 5.41) is 2.80. The normalized spacial score (nSPS) is 15.6. The molecule has 1 N–H and O–H groups in total. The number of rotatable bonds is 4. The lowest BCUT2D eigenvalue weighted by Gasteiger charge is -2.37. The molecule has 1 heterocycles. The highest BCUT2D eigenvalue weighted by atomic mass is 19.1. The SMILES string of the molecule is CC(NC(=O)c1ccc(C(C)(C)C)cc1)C(=O)N1CCN(c2ccccc2F)CC1. The summed E-state index contributed by atoms with van der Waals surface area (Å²) in [6, 6.07) is 13.5. The highest BCUT2D eigenvalue weighted by molar-refractivity contribution is 5.97. The Balaban J connectivity index is 1.55. The van der Waals surface area contributed by atoms with Gasteiger partial charge in [-0.1, -0.05) is 45.0 Å². The molecule has 0 radical (unpaired) electrons. The summed E-state index contributed by atoms with van der Waals surface area (Å²) in [6.07, 6.45) is 0. The Hall–Kier alpha value is -2.89. The molecule has 0 aromatic heterocycles. The summed E-state index contributed by atoms with van der Waals surface area (Å²) in [4.78, 5) is 29.0. The third-order valence-corrected chi connectivity index (χ3v) is 5.52. The van der Waals surface area contributed by atoms with Crippen LogP contribution in [0.1, 0.15) is 43.6 Å². The first-order valence-corrected chi connectivity index (χ1v) is 10.4. The third-order valence-electron chi connectivity index (χ3n) is 5.52. The van der Waals surface area contributed by atoms with Gasteiger partial charge in [-0.3, -0.25) is 9.59 Å². The van der Waals surface area contributed by atoms with Crippen LogP contribution >= 0.6 is 0 Å². The zero-order valence-corrected chi connectivity index (χ0v) is 18.1. The highest BCUT2D eigenvalue weighted by Crippen LogP contribution is 2.22. The monoisotopic (exact) mass is 411 g/mol. The number of hydrogen-bond acceptors (Lipinski definition) is 3. The van der Waals surface area contributed by atoms with E-state index in [1.54, 1.807) is 36.1 Å². The quantitative estimate of drug-likeness (QED) is 0.837. The Bertz CT molecular complexity index is 897. The molecule has 1 saturated heterocycles. The Morgan fingerprint density at radius 1 is 0.967 bits per heavy atom. The number of hydrogen-bond donors (Lipinski definition) is 1. The molecule has 3 rings (SSSR count). The zero-order valence-electron chi connectivity index (χ0n) is 18.1. The molecule has 30 heavy (non-hydrogen) atoms. The maximum Gasteiger partial charge on any atom is 0.251 e. The van der Waals surface area contributed by atoms with Crippen LogP contribution in [0.4, 0.5) is 10.1 Å². The molecule has 0 aliphatic carbocycles. The minimum atomic E-state index is -0.625. The largest absolute Gasteiger partial charge is 0.366 e. The van der Waals surface area contributed by atoms with E-state index in [0.717, 1.165) is 5.56 Å². The fourth-order valence-corrected chi connectivity index (χ4v) is 3.61. The fraction of sp³-hybridized carbons (Fsp3) is 0.417. The van der Waals surface area contributed by atoms with Crippen LogP contribution in [-0.2, 0) is 10.2 Å². The average Bonchev–Trinajstić information content (AvgIpc) is 2.73. The number of nitrogens with one attached hydrogen (secondary N) is 1. The van der Waals surface area contributed by atoms with Gasteiger partial charge in [-0.05, 0) is 42.2 Å². The second-order valence-electron chi connectivity index (χ2n) is 8.79. The van der Waals surface area contributed by atoms with E-state index in [1.807, 2.05) is 23.1 Å². The van der Waals surface area contributed by atoms with Crippen molar-refractivity contribution in [3.8, 4) is 0 Å². The second kappa shape index (κ2) is 8.86. The molecular formula is C24H30FN3O2. The lowest BCUT2D eigenvalue weighted by molar-refractivity contribution is -0.133. The average molecular weight is 412 g/mol. The maximum absolute atomic E-state index is 14.0. The molecule has 6 heteroatoms. The summed E-state index contributed by atoms with van der Waals surface area (Å²) in [7, 11) is 0. The summed E-state index contributed by atoms with van der Waals surface area (Å²) in [6.45, 7) is 10.2. The summed E-state index contributed by atoms with van der Waals surface area (Å²) in [5.41, 5.74) is 2.26. The summed E-state index contributed by atoms with van der Waals surface area (Å²) >= 11 is 0. The Kier molecular flexibility index (Phi) is 6.44. The number of carbonyl (C=O) groups excluding carboxylic acids is 2. The van der Waals surface area contributed by atoms with E-state index < -0.39 is 6.04 Å². The van der Waals surface area contributed by atoms with Crippen molar-refractivity contribution >= 4 is 17.5 Å². The molecule has 2 aromatic rings. The van der Waals surface area contributed by atoms with Crippen LogP contribution in [-0.4, -0.2) is 48.9 Å². The first kappa shape index (κ1) is 21.8. The number of benzene rings is 2. The molecule has 1 aliphatic heterocycles. The van der Waals surface area contributed by atoms with Crippen molar-refractivity contribution in [1.29, 1.82) is 0 Å². The van der Waals surface area contributed by atoms with Gasteiger partial charge in [0.15, 0.2) is 0 Å². The molecule has 0 spiro atoms. The van der Waals surface area contributed by atoms with Crippen LogP contribution in [0, 0.1) is 5.82 Å². The van der Waals surface area contributed by atoms with E-state index in [1.165, 1.54) is 6.07 Å². The van der Waals surface area contributed by atoms with Crippen molar-refractivity contribution in [2.45, 2.75) is 39.2 Å². The van der Waals surface area contributed by atoms with Crippen molar-refractivity contribution in [2.24, 2.45) is 0 Å². The van der Waals surface area contributed by atoms with Crippen LogP contribution in [0.5, 0.6) is 0 Å². The van der Waals surface area contributed by atoms with E-state index in [9.17, 15) is 14.0 Å². The number of piperazine rings is 1. The van der Waals surface area contributed by atoms with E-state index >= 15 is 0 Å². The number of carbonyl (C=O) groups is 2. The van der Waals surface area contributed by atoms with E-state index in [0.29, 0.717) is 37.4 Å². The van der Waals surface area contributed by atoms with Crippen molar-refractivity contribution in [2.75, 3.05) is 31.1 Å². The zero-order chi connectivity index (χ0) is 21.9. The van der Waals surface area contributed by atoms with Gasteiger partial charge in [-0.2, -0.15) is 0 Å². The third kappa shape index (κ3) is 4.99. The molecule has 2 amide bonds. The van der Waals surface area contributed by atoms with E-state index in [2.05, 4.69) is 26.1 Å². The topological polar surface area (TPSA) is 52.7 Å². The number of halogens is 1. The number of nitrogens with zero attached hydrogens (tertiary/aromatic N) is 2. The first-order chi connectivity index (χ1) is 14.2. The number of amides is 2. The molecule has 5 nitrogen and oxygen atoms in total. The molecule has 1 fully saturated rings. The number of anilines is 1. The van der Waals surface area contributed by atoms with Gasteiger partial charge in [0.2, 0.25) is 5.91 Å². The van der Waals surface area contributed by atoms with Gasteiger partial charge in [0, 0.05) is 31.7 Å². The summed E-state index contributed by atoms with van der Waals surface area (Å²) < 4.78 is 14.0. The standard InChI is InChI=1S/C24H30FN3O2/c1-17(26-22(29)18-9-11-19(12-10-18)24(2,3)4)23(30)28-15-13-27(14-16-28)21-8-6-5-7-20(21)25/h5-12,17H,13-16H2,1-4H3,(H,26,29). The van der Waals surface area contributed by atoms with Crippen LogP contribution in [0.2, 0.25) is 0 Å². The molecule has 1 atom stereocenters. The lowest BCUT2D eigenvalue weighted by atomic mass is 9.86. The summed E-state index contributed by atoms with van der Waals surface area (Å²) in [5.74, 6) is -0.639. The van der Waals surface area contributed by atoms with Crippen molar-refractivity contribution in [3.05, 3.63) is 65.5 Å². The second-order valence-corrected chi connectivity index (χ2v) is 8.79. The fourth-order valence-electron chi connectivity index (χ4n) is 3.61. The molecule has 1 unspecified atom stereocenters. The Morgan fingerprint density at radius 2 is 1.57 bits per heavy atom. The molecule has 0 saturated carbocycles. The van der Waals surface area contributed by atoms with E-state index in [4.69, 9.17) is 0 Å². The molecular weight excluding hydrogens is 381 g/mol. The minimum Gasteiger partial charge on any atom is -0.366 e. The van der Waals surface area contributed by atoms with Crippen molar-refractivity contribution in [1.82, 2.24) is 10.2 Å². The van der Waals surface area contributed by atoms with E-state index in [-0.39, 0.29) is 23.0 Å². The first-order valence-electron chi connectivity index (χ1n) is 10.4. The van der Waals surface area contributed by atoms with Crippen LogP contribution in [0.15, 0.2) is 48.5 Å². The number of para-hydroxylation sites is 1. The lowest BCUT2D eigenvalue weighted by Crippen LogP contribution is -2.54. The molecule has 160 valence electrons. The van der Waals surface area contributed by atoms with Gasteiger partial charge >= 0.3 is 0 Å². The predicted octanol–water partition coefficient (Wildman–Crippen LogP) is 3.59. The predicted molar refractivity (Wildman–Crippen MR) is 117 cm³/mol. The smallest absolute Gasteiger partial charge is 0.251 e. The van der Waals surface area contributed by atoms with Crippen LogP contribution in [0.25, 0.3) is 0 Å². The minimum absolute atomic E-state index is 0.0169. The van der Waals surface area contributed by atoms with Gasteiger partial charge in [-0.25, -0.2) is 4.39 Å². The molecule has 2 aromatic carbocycles. The molecule has 0 bridgehead atoms. The Morgan fingerprint density at radius 3 is 2.13 bits per heavy atom. The van der Waals surface area contributed by atoms with Gasteiger partial charge in [-0.15, -0.1) is 0 Å². The van der Waals surface area contributed by atoms with Crippen LogP contribution < -0.4 is 10.2 Å². The van der Waals surface area contributed by atoms with Crippen molar-refractivity contribution in [3.63, 3.8) is 0 Å². The van der Waals surface area contributed by atoms with Gasteiger partial charge in [0.05, 0.1) is 5.69 Å². The van der Waals surface area contributed by atoms with Gasteiger partial charge in [0.1, 0.15) is 11.9 Å². The maximum atomic E-state index is 14.0. The van der Waals surface area contributed by atoms with Crippen LogP contribution in [0.3, 0.4) is 0 Å².